The topological polar surface area (TPSA) is 77.6 Å². The molecule has 1 aliphatic rings. The molecular weight excluding hydrogens is 444 g/mol. The molecule has 4 aromatic rings. The molecule has 1 amide bonds. The lowest BCUT2D eigenvalue weighted by atomic mass is 10.2. The van der Waals surface area contributed by atoms with Crippen LogP contribution in [0.15, 0.2) is 36.8 Å². The van der Waals surface area contributed by atoms with Crippen molar-refractivity contribution < 1.29 is 27.1 Å². The second-order valence-corrected chi connectivity index (χ2v) is 7.56. The fraction of sp³-hybridized carbons (Fsp3) is 0.333. The molecule has 1 saturated heterocycles. The fourth-order valence-corrected chi connectivity index (χ4v) is 3.87. The maximum atomic E-state index is 14.5. The van der Waals surface area contributed by atoms with Crippen LogP contribution in [0, 0.1) is 5.82 Å². The lowest BCUT2D eigenvalue weighted by Crippen LogP contribution is -2.33. The van der Waals surface area contributed by atoms with Gasteiger partial charge in [0.1, 0.15) is 22.9 Å². The van der Waals surface area contributed by atoms with Crippen LogP contribution in [-0.4, -0.2) is 67.7 Å². The summed E-state index contributed by atoms with van der Waals surface area (Å²) in [7, 11) is 0. The van der Waals surface area contributed by atoms with Gasteiger partial charge in [-0.1, -0.05) is 0 Å². The number of imidazole rings is 1. The van der Waals surface area contributed by atoms with E-state index in [9.17, 15) is 22.4 Å². The molecule has 0 aromatic carbocycles. The second-order valence-electron chi connectivity index (χ2n) is 7.56. The number of ether oxygens (including phenoxy) is 1. The number of hydrogen-bond acceptors (Lipinski definition) is 5. The maximum Gasteiger partial charge on any atom is 0.289 e. The minimum Gasteiger partial charge on any atom is -0.380 e. The standard InChI is InChI=1S/C21H18F4N6O2/c22-12-2-3-17-27-10-16(30(17)11-12)18-13-9-26-14(21(32)29-4-1-6-33-7-5-29)8-15(13)31(28-18)20(25)19(23)24/h2-3,8-11,19-20H,1,4-7H2. The van der Waals surface area contributed by atoms with Gasteiger partial charge in [-0.3, -0.25) is 14.2 Å². The number of hydrogen-bond donors (Lipinski definition) is 0. The van der Waals surface area contributed by atoms with Crippen LogP contribution < -0.4 is 0 Å². The largest absolute Gasteiger partial charge is 0.380 e. The first-order valence-corrected chi connectivity index (χ1v) is 10.2. The highest BCUT2D eigenvalue weighted by molar-refractivity contribution is 5.99. The van der Waals surface area contributed by atoms with E-state index >= 15 is 0 Å². The fourth-order valence-electron chi connectivity index (χ4n) is 3.87. The third kappa shape index (κ3) is 3.80. The van der Waals surface area contributed by atoms with Crippen molar-refractivity contribution in [3.63, 3.8) is 0 Å². The van der Waals surface area contributed by atoms with E-state index in [0.717, 1.165) is 6.20 Å². The molecule has 4 aromatic heterocycles. The lowest BCUT2D eigenvalue weighted by molar-refractivity contribution is 0.00356. The van der Waals surface area contributed by atoms with Crippen molar-refractivity contribution >= 4 is 22.5 Å². The number of amides is 1. The number of rotatable bonds is 4. The van der Waals surface area contributed by atoms with Gasteiger partial charge in [0.05, 0.1) is 24.0 Å². The minimum atomic E-state index is -3.35. The van der Waals surface area contributed by atoms with E-state index in [1.165, 1.54) is 35.0 Å². The zero-order valence-electron chi connectivity index (χ0n) is 17.2. The molecule has 0 radical (unpaired) electrons. The highest BCUT2D eigenvalue weighted by Crippen LogP contribution is 2.32. The quantitative estimate of drug-likeness (QED) is 0.434. The van der Waals surface area contributed by atoms with Crippen LogP contribution in [-0.2, 0) is 4.74 Å². The average molecular weight is 462 g/mol. The number of nitrogens with zero attached hydrogens (tertiary/aromatic N) is 6. The van der Waals surface area contributed by atoms with Crippen LogP contribution in [0.5, 0.6) is 0 Å². The maximum absolute atomic E-state index is 14.5. The zero-order valence-corrected chi connectivity index (χ0v) is 17.2. The van der Waals surface area contributed by atoms with Gasteiger partial charge in [-0.2, -0.15) is 5.10 Å². The zero-order chi connectivity index (χ0) is 23.1. The highest BCUT2D eigenvalue weighted by atomic mass is 19.3. The number of pyridine rings is 2. The summed E-state index contributed by atoms with van der Waals surface area (Å²) in [6, 6.07) is 3.91. The van der Waals surface area contributed by atoms with E-state index in [1.807, 2.05) is 0 Å². The Bertz CT molecular complexity index is 1330. The SMILES string of the molecule is O=C(c1cc2c(cn1)c(-c1cnc3ccc(F)cn13)nn2C(F)C(F)F)N1CCCOCC1. The van der Waals surface area contributed by atoms with E-state index in [2.05, 4.69) is 15.1 Å². The van der Waals surface area contributed by atoms with E-state index in [1.54, 1.807) is 4.90 Å². The van der Waals surface area contributed by atoms with Crippen molar-refractivity contribution in [2.45, 2.75) is 19.1 Å². The Hall–Kier alpha value is -3.54. The van der Waals surface area contributed by atoms with Gasteiger partial charge >= 0.3 is 0 Å². The molecule has 12 heteroatoms. The van der Waals surface area contributed by atoms with Gasteiger partial charge in [0, 0.05) is 37.5 Å². The van der Waals surface area contributed by atoms with E-state index in [0.29, 0.717) is 43.1 Å². The van der Waals surface area contributed by atoms with Crippen LogP contribution in [0.3, 0.4) is 0 Å². The van der Waals surface area contributed by atoms with Gasteiger partial charge in [0.15, 0.2) is 0 Å². The molecule has 0 bridgehead atoms. The second kappa shape index (κ2) is 8.43. The van der Waals surface area contributed by atoms with Crippen LogP contribution in [0.25, 0.3) is 27.9 Å². The van der Waals surface area contributed by atoms with Gasteiger partial charge in [-0.15, -0.1) is 0 Å². The monoisotopic (exact) mass is 462 g/mol. The molecular formula is C21H18F4N6O2. The Kier molecular flexibility index (Phi) is 5.44. The molecule has 5 rings (SSSR count). The number of carbonyl (C=O) groups is 1. The molecule has 1 aliphatic heterocycles. The number of aromatic nitrogens is 5. The molecule has 0 spiro atoms. The third-order valence-electron chi connectivity index (χ3n) is 5.47. The van der Waals surface area contributed by atoms with Crippen molar-refractivity contribution in [1.82, 2.24) is 29.0 Å². The summed E-state index contributed by atoms with van der Waals surface area (Å²) in [5, 5.41) is 4.28. The third-order valence-corrected chi connectivity index (χ3v) is 5.47. The summed E-state index contributed by atoms with van der Waals surface area (Å²) < 4.78 is 62.1. The van der Waals surface area contributed by atoms with Crippen molar-refractivity contribution in [2.24, 2.45) is 0 Å². The number of alkyl halides is 3. The Morgan fingerprint density at radius 1 is 1.09 bits per heavy atom. The Labute approximate surface area is 184 Å². The molecule has 1 fully saturated rings. The molecule has 33 heavy (non-hydrogen) atoms. The van der Waals surface area contributed by atoms with Crippen molar-refractivity contribution in [1.29, 1.82) is 0 Å². The van der Waals surface area contributed by atoms with Gasteiger partial charge in [0.2, 0.25) is 0 Å². The lowest BCUT2D eigenvalue weighted by Gasteiger charge is -2.19. The molecule has 5 heterocycles. The van der Waals surface area contributed by atoms with Gasteiger partial charge in [-0.05, 0) is 24.6 Å². The predicted molar refractivity (Wildman–Crippen MR) is 109 cm³/mol. The summed E-state index contributed by atoms with van der Waals surface area (Å²) in [4.78, 5) is 22.9. The molecule has 0 saturated carbocycles. The van der Waals surface area contributed by atoms with Crippen LogP contribution >= 0.6 is 0 Å². The Morgan fingerprint density at radius 3 is 2.76 bits per heavy atom. The molecule has 172 valence electrons. The Balaban J connectivity index is 1.65. The molecule has 8 nitrogen and oxygen atoms in total. The first-order chi connectivity index (χ1) is 15.9. The van der Waals surface area contributed by atoms with Crippen LogP contribution in [0.2, 0.25) is 0 Å². The number of halogens is 4. The average Bonchev–Trinajstić information content (AvgIpc) is 3.27. The van der Waals surface area contributed by atoms with E-state index < -0.39 is 24.4 Å². The summed E-state index contributed by atoms with van der Waals surface area (Å²) >= 11 is 0. The van der Waals surface area contributed by atoms with Crippen molar-refractivity contribution in [2.75, 3.05) is 26.3 Å². The summed E-state index contributed by atoms with van der Waals surface area (Å²) in [5.74, 6) is -0.963. The smallest absolute Gasteiger partial charge is 0.289 e. The summed E-state index contributed by atoms with van der Waals surface area (Å²) in [5.41, 5.74) is 0.681. The summed E-state index contributed by atoms with van der Waals surface area (Å²) in [6.07, 6.45) is -1.63. The predicted octanol–water partition coefficient (Wildman–Crippen LogP) is 3.48. The molecule has 1 unspecified atom stereocenters. The van der Waals surface area contributed by atoms with E-state index in [-0.39, 0.29) is 28.0 Å². The van der Waals surface area contributed by atoms with Crippen molar-refractivity contribution in [3.05, 3.63) is 48.3 Å². The van der Waals surface area contributed by atoms with Crippen LogP contribution in [0.4, 0.5) is 17.6 Å². The molecule has 0 N–H and O–H groups in total. The Morgan fingerprint density at radius 2 is 1.94 bits per heavy atom. The van der Waals surface area contributed by atoms with Gasteiger partial charge < -0.3 is 9.64 Å². The molecule has 1 atom stereocenters. The highest BCUT2D eigenvalue weighted by Gasteiger charge is 2.28. The number of carbonyl (C=O) groups excluding carboxylic acids is 1. The van der Waals surface area contributed by atoms with Gasteiger partial charge in [-0.25, -0.2) is 27.2 Å². The van der Waals surface area contributed by atoms with Gasteiger partial charge in [0.25, 0.3) is 18.6 Å². The normalized spacial score (nSPS) is 16.0. The minimum absolute atomic E-state index is 0.0252. The first-order valence-electron chi connectivity index (χ1n) is 10.2. The van der Waals surface area contributed by atoms with Crippen LogP contribution in [0.1, 0.15) is 23.2 Å². The molecule has 0 aliphatic carbocycles. The summed E-state index contributed by atoms with van der Waals surface area (Å²) in [6.45, 7) is 1.72. The first kappa shape index (κ1) is 21.3. The van der Waals surface area contributed by atoms with Crippen molar-refractivity contribution in [3.8, 4) is 11.4 Å². The van der Waals surface area contributed by atoms with E-state index in [4.69, 9.17) is 4.74 Å². The number of fused-ring (bicyclic) bond motifs is 2.